The SMILES string of the molecule is C=C/C=C\C(=C/C)CCc1cccc(SN)c1.C=CC1CC1C=C.CC. The molecule has 0 heterocycles. The molecule has 0 aliphatic heterocycles. The van der Waals surface area contributed by atoms with Gasteiger partial charge in [0.1, 0.15) is 0 Å². The van der Waals surface area contributed by atoms with Crippen molar-refractivity contribution in [2.24, 2.45) is 17.0 Å². The van der Waals surface area contributed by atoms with E-state index in [1.807, 2.05) is 38.1 Å². The van der Waals surface area contributed by atoms with Crippen LogP contribution in [0.1, 0.15) is 39.2 Å². The third kappa shape index (κ3) is 10.3. The normalized spacial score (nSPS) is 18.1. The van der Waals surface area contributed by atoms with Crippen molar-refractivity contribution < 1.29 is 0 Å². The third-order valence-corrected chi connectivity index (χ3v) is 4.58. The second kappa shape index (κ2) is 15.5. The minimum Gasteiger partial charge on any atom is -0.274 e. The first-order valence-electron chi connectivity index (χ1n) is 9.33. The zero-order valence-corrected chi connectivity index (χ0v) is 17.5. The van der Waals surface area contributed by atoms with E-state index in [1.165, 1.54) is 29.5 Å². The molecule has 2 atom stereocenters. The monoisotopic (exact) mass is 369 g/mol. The number of hydrogen-bond donors (Lipinski definition) is 1. The maximum atomic E-state index is 5.55. The Morgan fingerprint density at radius 2 is 1.85 bits per heavy atom. The van der Waals surface area contributed by atoms with Crippen molar-refractivity contribution in [2.75, 3.05) is 0 Å². The maximum Gasteiger partial charge on any atom is 0.0228 e. The fourth-order valence-corrected chi connectivity index (χ4v) is 2.73. The predicted octanol–water partition coefficient (Wildman–Crippen LogP) is 7.29. The molecule has 1 aliphatic rings. The van der Waals surface area contributed by atoms with E-state index in [-0.39, 0.29) is 0 Å². The lowest BCUT2D eigenvalue weighted by atomic mass is 10.0. The minimum absolute atomic E-state index is 0.762. The fraction of sp³-hybridized carbons (Fsp3) is 0.333. The Morgan fingerprint density at radius 3 is 2.31 bits per heavy atom. The van der Waals surface area contributed by atoms with Crippen molar-refractivity contribution in [1.82, 2.24) is 0 Å². The summed E-state index contributed by atoms with van der Waals surface area (Å²) < 4.78 is 0. The summed E-state index contributed by atoms with van der Waals surface area (Å²) in [6.45, 7) is 17.1. The van der Waals surface area contributed by atoms with Gasteiger partial charge in [0.25, 0.3) is 0 Å². The Labute approximate surface area is 165 Å². The van der Waals surface area contributed by atoms with Gasteiger partial charge in [-0.05, 0) is 67.7 Å². The van der Waals surface area contributed by atoms with Crippen LogP contribution in [0.25, 0.3) is 0 Å². The van der Waals surface area contributed by atoms with Crippen LogP contribution in [-0.2, 0) is 6.42 Å². The number of benzene rings is 1. The Balaban J connectivity index is 0.000000575. The van der Waals surface area contributed by atoms with Crippen LogP contribution in [0.3, 0.4) is 0 Å². The van der Waals surface area contributed by atoms with E-state index in [1.54, 1.807) is 6.08 Å². The lowest BCUT2D eigenvalue weighted by molar-refractivity contribution is 0.957. The molecule has 26 heavy (non-hydrogen) atoms. The van der Waals surface area contributed by atoms with Gasteiger partial charge >= 0.3 is 0 Å². The van der Waals surface area contributed by atoms with Gasteiger partial charge in [-0.1, -0.05) is 74.6 Å². The average Bonchev–Trinajstić information content (AvgIpc) is 3.49. The first-order chi connectivity index (χ1) is 12.7. The van der Waals surface area contributed by atoms with Gasteiger partial charge in [0.2, 0.25) is 0 Å². The van der Waals surface area contributed by atoms with E-state index < -0.39 is 0 Å². The molecule has 0 bridgehead atoms. The first-order valence-corrected chi connectivity index (χ1v) is 10.2. The molecule has 2 heteroatoms. The molecule has 2 rings (SSSR count). The highest BCUT2D eigenvalue weighted by atomic mass is 32.2. The van der Waals surface area contributed by atoms with E-state index in [0.29, 0.717) is 0 Å². The van der Waals surface area contributed by atoms with Crippen LogP contribution >= 0.6 is 11.9 Å². The number of hydrogen-bond acceptors (Lipinski definition) is 2. The van der Waals surface area contributed by atoms with E-state index in [2.05, 4.69) is 57.0 Å². The molecule has 1 fully saturated rings. The standard InChI is InChI=1S/C15H19NS.C7H10.C2H6/c1-3-5-7-13(4-2)10-11-14-8-6-9-15(12-14)17-16;1-3-6-5-7(6)4-2;1-2/h3-9,12H,1,10-11,16H2,2H3;3-4,6-7H,1-2,5H2;1-2H3/b7-5-,13-4+;;. The van der Waals surface area contributed by atoms with Gasteiger partial charge in [-0.25, -0.2) is 0 Å². The molecule has 142 valence electrons. The van der Waals surface area contributed by atoms with Gasteiger partial charge in [-0.3, -0.25) is 5.14 Å². The highest BCUT2D eigenvalue weighted by molar-refractivity contribution is 7.97. The second-order valence-corrected chi connectivity index (χ2v) is 6.47. The van der Waals surface area contributed by atoms with Crippen LogP contribution in [0.5, 0.6) is 0 Å². The molecule has 2 N–H and O–H groups in total. The lowest BCUT2D eigenvalue weighted by Gasteiger charge is -2.04. The molecule has 0 amide bonds. The quantitative estimate of drug-likeness (QED) is 0.296. The van der Waals surface area contributed by atoms with Crippen LogP contribution < -0.4 is 5.14 Å². The number of nitrogens with two attached hydrogens (primary N) is 1. The molecule has 2 unspecified atom stereocenters. The zero-order chi connectivity index (χ0) is 19.8. The Morgan fingerprint density at radius 1 is 1.19 bits per heavy atom. The summed E-state index contributed by atoms with van der Waals surface area (Å²) in [6.07, 6.45) is 15.4. The summed E-state index contributed by atoms with van der Waals surface area (Å²) >= 11 is 1.29. The van der Waals surface area contributed by atoms with Crippen molar-refractivity contribution in [2.45, 2.75) is 44.9 Å². The Kier molecular flexibility index (Phi) is 14.4. The topological polar surface area (TPSA) is 26.0 Å². The Hall–Kier alpha value is -1.77. The van der Waals surface area contributed by atoms with Gasteiger partial charge in [-0.2, -0.15) is 0 Å². The first kappa shape index (κ1) is 24.2. The van der Waals surface area contributed by atoms with Crippen LogP contribution in [-0.4, -0.2) is 0 Å². The summed E-state index contributed by atoms with van der Waals surface area (Å²) in [5.41, 5.74) is 2.66. The van der Waals surface area contributed by atoms with E-state index in [4.69, 9.17) is 5.14 Å². The summed E-state index contributed by atoms with van der Waals surface area (Å²) in [6, 6.07) is 8.38. The average molecular weight is 370 g/mol. The van der Waals surface area contributed by atoms with Crippen LogP contribution in [0.15, 0.2) is 90.9 Å². The minimum atomic E-state index is 0.762. The van der Waals surface area contributed by atoms with E-state index >= 15 is 0 Å². The van der Waals surface area contributed by atoms with Crippen molar-refractivity contribution in [3.8, 4) is 0 Å². The molecule has 1 nitrogen and oxygen atoms in total. The number of allylic oxidation sites excluding steroid dienone is 7. The van der Waals surface area contributed by atoms with Crippen molar-refractivity contribution >= 4 is 11.9 Å². The van der Waals surface area contributed by atoms with Crippen LogP contribution in [0, 0.1) is 11.8 Å². The number of aryl methyl sites for hydroxylation is 1. The largest absolute Gasteiger partial charge is 0.274 e. The van der Waals surface area contributed by atoms with Gasteiger partial charge < -0.3 is 0 Å². The maximum absolute atomic E-state index is 5.55. The highest BCUT2D eigenvalue weighted by Crippen LogP contribution is 2.39. The van der Waals surface area contributed by atoms with E-state index in [0.717, 1.165) is 29.6 Å². The van der Waals surface area contributed by atoms with E-state index in [9.17, 15) is 0 Å². The molecule has 1 saturated carbocycles. The predicted molar refractivity (Wildman–Crippen MR) is 121 cm³/mol. The Bertz CT molecular complexity index is 586. The van der Waals surface area contributed by atoms with Crippen molar-refractivity contribution in [3.05, 3.63) is 91.6 Å². The highest BCUT2D eigenvalue weighted by Gasteiger charge is 2.30. The van der Waals surface area contributed by atoms with Crippen LogP contribution in [0.4, 0.5) is 0 Å². The van der Waals surface area contributed by atoms with Crippen molar-refractivity contribution in [3.63, 3.8) is 0 Å². The van der Waals surface area contributed by atoms with Gasteiger partial charge in [0.05, 0.1) is 0 Å². The lowest BCUT2D eigenvalue weighted by Crippen LogP contribution is -1.89. The van der Waals surface area contributed by atoms with Gasteiger partial charge in [0.15, 0.2) is 0 Å². The molecule has 0 aromatic heterocycles. The molecule has 1 aromatic rings. The summed E-state index contributed by atoms with van der Waals surface area (Å²) in [4.78, 5) is 1.12. The number of rotatable bonds is 8. The summed E-state index contributed by atoms with van der Waals surface area (Å²) in [5.74, 6) is 1.52. The van der Waals surface area contributed by atoms with Crippen LogP contribution in [0.2, 0.25) is 0 Å². The fourth-order valence-electron chi connectivity index (χ4n) is 2.36. The summed E-state index contributed by atoms with van der Waals surface area (Å²) in [7, 11) is 0. The molecular weight excluding hydrogens is 334 g/mol. The smallest absolute Gasteiger partial charge is 0.0228 e. The van der Waals surface area contributed by atoms with Gasteiger partial charge in [0, 0.05) is 4.90 Å². The molecule has 0 saturated heterocycles. The third-order valence-electron chi connectivity index (χ3n) is 4.05. The summed E-state index contributed by atoms with van der Waals surface area (Å²) in [5, 5.41) is 5.55. The molecule has 1 aromatic carbocycles. The molecule has 0 radical (unpaired) electrons. The van der Waals surface area contributed by atoms with Gasteiger partial charge in [-0.15, -0.1) is 13.2 Å². The molecular formula is C24H35NS. The molecule has 1 aliphatic carbocycles. The second-order valence-electron chi connectivity index (χ2n) is 5.76. The zero-order valence-electron chi connectivity index (χ0n) is 16.7. The van der Waals surface area contributed by atoms with Crippen molar-refractivity contribution in [1.29, 1.82) is 0 Å². The molecule has 0 spiro atoms.